The maximum Gasteiger partial charge on any atom is 0.270 e. The number of nitro benzene ring substituents is 1. The molecule has 3 heterocycles. The number of rotatable bonds is 5. The van der Waals surface area contributed by atoms with Gasteiger partial charge in [0.15, 0.2) is 0 Å². The molecule has 7 nitrogen and oxygen atoms in total. The maximum atomic E-state index is 12.6. The number of carbonyl (C=O) groups excluding carboxylic acids is 1. The van der Waals surface area contributed by atoms with E-state index in [1.807, 2.05) is 0 Å². The number of non-ortho nitro benzene ring substituents is 1. The predicted molar refractivity (Wildman–Crippen MR) is 108 cm³/mol. The highest BCUT2D eigenvalue weighted by atomic mass is 32.2. The third-order valence-corrected chi connectivity index (χ3v) is 5.39. The molecule has 0 atom stereocenters. The fourth-order valence-corrected chi connectivity index (χ4v) is 3.92. The summed E-state index contributed by atoms with van der Waals surface area (Å²) in [6.45, 7) is 0.270. The van der Waals surface area contributed by atoms with Crippen molar-refractivity contribution >= 4 is 46.0 Å². The summed E-state index contributed by atoms with van der Waals surface area (Å²) >= 11 is 6.48. The summed E-state index contributed by atoms with van der Waals surface area (Å²) in [4.78, 5) is 25.0. The largest absolute Gasteiger partial charge is 0.467 e. The average molecular weight is 412 g/mol. The van der Waals surface area contributed by atoms with Crippen molar-refractivity contribution in [2.75, 3.05) is 0 Å². The predicted octanol–water partition coefficient (Wildman–Crippen LogP) is 4.85. The highest BCUT2D eigenvalue weighted by Gasteiger charge is 2.32. The Hall–Kier alpha value is -3.17. The Labute approximate surface area is 168 Å². The van der Waals surface area contributed by atoms with Crippen molar-refractivity contribution in [3.05, 3.63) is 81.3 Å². The molecule has 0 bridgehead atoms. The molecule has 1 aliphatic rings. The van der Waals surface area contributed by atoms with Gasteiger partial charge in [-0.05, 0) is 24.3 Å². The van der Waals surface area contributed by atoms with E-state index in [0.29, 0.717) is 32.1 Å². The lowest BCUT2D eigenvalue weighted by molar-refractivity contribution is -0.384. The van der Waals surface area contributed by atoms with E-state index in [-0.39, 0.29) is 18.1 Å². The SMILES string of the molecule is O=C1C(=Cc2ccc(-c3cccc([N+](=O)[O-])c3)o2)SC(=S)N1Cc1ccco1. The molecule has 1 aromatic carbocycles. The molecule has 140 valence electrons. The lowest BCUT2D eigenvalue weighted by atomic mass is 10.1. The van der Waals surface area contributed by atoms with Crippen molar-refractivity contribution in [2.24, 2.45) is 0 Å². The molecule has 0 saturated carbocycles. The minimum absolute atomic E-state index is 0.0192. The first-order chi connectivity index (χ1) is 13.5. The van der Waals surface area contributed by atoms with Gasteiger partial charge in [0.05, 0.1) is 22.6 Å². The molecule has 2 aromatic heterocycles. The van der Waals surface area contributed by atoms with Crippen molar-refractivity contribution in [2.45, 2.75) is 6.54 Å². The molecule has 0 radical (unpaired) electrons. The molecule has 1 saturated heterocycles. The van der Waals surface area contributed by atoms with Crippen LogP contribution in [0.25, 0.3) is 17.4 Å². The number of hydrogen-bond acceptors (Lipinski definition) is 7. The van der Waals surface area contributed by atoms with Crippen molar-refractivity contribution in [3.63, 3.8) is 0 Å². The third-order valence-electron chi connectivity index (χ3n) is 4.01. The summed E-state index contributed by atoms with van der Waals surface area (Å²) in [6.07, 6.45) is 3.16. The molecule has 1 amide bonds. The van der Waals surface area contributed by atoms with E-state index < -0.39 is 4.92 Å². The average Bonchev–Trinajstić information content (AvgIpc) is 3.41. The fraction of sp³-hybridized carbons (Fsp3) is 0.0526. The van der Waals surface area contributed by atoms with Crippen LogP contribution in [0.5, 0.6) is 0 Å². The number of benzene rings is 1. The van der Waals surface area contributed by atoms with E-state index in [4.69, 9.17) is 21.1 Å². The molecule has 4 rings (SSSR count). The Balaban J connectivity index is 1.55. The van der Waals surface area contributed by atoms with Gasteiger partial charge >= 0.3 is 0 Å². The smallest absolute Gasteiger partial charge is 0.270 e. The number of thioether (sulfide) groups is 1. The number of nitrogens with zero attached hydrogens (tertiary/aromatic N) is 2. The Bertz CT molecular complexity index is 1100. The number of carbonyl (C=O) groups is 1. The Kier molecular flexibility index (Phi) is 4.84. The standard InChI is InChI=1S/C19H12N2O5S2/c22-18-17(28-19(27)20(18)11-15-5-2-8-25-15)10-14-6-7-16(26-14)12-3-1-4-13(9-12)21(23)24/h1-10H,11H2. The number of thiocarbonyl (C=S) groups is 1. The van der Waals surface area contributed by atoms with Crippen LogP contribution in [0.3, 0.4) is 0 Å². The quantitative estimate of drug-likeness (QED) is 0.256. The van der Waals surface area contributed by atoms with Crippen LogP contribution in [0.2, 0.25) is 0 Å². The normalized spacial score (nSPS) is 15.6. The van der Waals surface area contributed by atoms with Crippen LogP contribution in [0.15, 0.2) is 68.5 Å². The molecular weight excluding hydrogens is 400 g/mol. The van der Waals surface area contributed by atoms with Crippen LogP contribution in [-0.2, 0) is 11.3 Å². The van der Waals surface area contributed by atoms with Crippen LogP contribution < -0.4 is 0 Å². The zero-order valence-electron chi connectivity index (χ0n) is 14.2. The van der Waals surface area contributed by atoms with E-state index in [0.717, 1.165) is 0 Å². The van der Waals surface area contributed by atoms with E-state index >= 15 is 0 Å². The van der Waals surface area contributed by atoms with Crippen LogP contribution in [0, 0.1) is 10.1 Å². The highest BCUT2D eigenvalue weighted by Crippen LogP contribution is 2.34. The maximum absolute atomic E-state index is 12.6. The molecular formula is C19H12N2O5S2. The van der Waals surface area contributed by atoms with Gasteiger partial charge in [0.25, 0.3) is 11.6 Å². The summed E-state index contributed by atoms with van der Waals surface area (Å²) in [5, 5.41) is 10.9. The van der Waals surface area contributed by atoms with Crippen LogP contribution in [-0.4, -0.2) is 20.1 Å². The van der Waals surface area contributed by atoms with Gasteiger partial charge in [-0.2, -0.15) is 0 Å². The molecule has 9 heteroatoms. The van der Waals surface area contributed by atoms with Gasteiger partial charge in [0.1, 0.15) is 21.6 Å². The third kappa shape index (κ3) is 3.62. The molecule has 0 N–H and O–H groups in total. The minimum atomic E-state index is -0.461. The Morgan fingerprint density at radius 3 is 2.82 bits per heavy atom. The molecule has 0 aliphatic carbocycles. The zero-order valence-corrected chi connectivity index (χ0v) is 15.9. The van der Waals surface area contributed by atoms with Crippen molar-refractivity contribution in [1.29, 1.82) is 0 Å². The Morgan fingerprint density at radius 2 is 2.07 bits per heavy atom. The first kappa shape index (κ1) is 18.2. The number of nitro groups is 1. The number of amides is 1. The molecule has 1 aliphatic heterocycles. The summed E-state index contributed by atoms with van der Waals surface area (Å²) in [5.41, 5.74) is 0.563. The number of furan rings is 2. The Morgan fingerprint density at radius 1 is 1.21 bits per heavy atom. The molecule has 0 unspecified atom stereocenters. The summed E-state index contributed by atoms with van der Waals surface area (Å²) < 4.78 is 11.5. The van der Waals surface area contributed by atoms with E-state index in [9.17, 15) is 14.9 Å². The van der Waals surface area contributed by atoms with Gasteiger partial charge in [-0.1, -0.05) is 36.1 Å². The minimum Gasteiger partial charge on any atom is -0.467 e. The molecule has 3 aromatic rings. The van der Waals surface area contributed by atoms with E-state index in [1.165, 1.54) is 28.8 Å². The van der Waals surface area contributed by atoms with E-state index in [1.54, 1.807) is 48.7 Å². The van der Waals surface area contributed by atoms with Crippen LogP contribution in [0.1, 0.15) is 11.5 Å². The lowest BCUT2D eigenvalue weighted by Crippen LogP contribution is -2.27. The monoisotopic (exact) mass is 412 g/mol. The van der Waals surface area contributed by atoms with Gasteiger partial charge in [0.2, 0.25) is 0 Å². The highest BCUT2D eigenvalue weighted by molar-refractivity contribution is 8.26. The topological polar surface area (TPSA) is 89.7 Å². The summed E-state index contributed by atoms with van der Waals surface area (Å²) in [6, 6.07) is 13.1. The van der Waals surface area contributed by atoms with Crippen molar-refractivity contribution < 1.29 is 18.6 Å². The fourth-order valence-electron chi connectivity index (χ4n) is 2.68. The van der Waals surface area contributed by atoms with Gasteiger partial charge in [-0.25, -0.2) is 0 Å². The first-order valence-corrected chi connectivity index (χ1v) is 9.36. The van der Waals surface area contributed by atoms with E-state index in [2.05, 4.69) is 0 Å². The van der Waals surface area contributed by atoms with Gasteiger partial charge in [-0.15, -0.1) is 0 Å². The van der Waals surface area contributed by atoms with Gasteiger partial charge in [-0.3, -0.25) is 19.8 Å². The van der Waals surface area contributed by atoms with Crippen molar-refractivity contribution in [3.8, 4) is 11.3 Å². The molecule has 0 spiro atoms. The van der Waals surface area contributed by atoms with Gasteiger partial charge < -0.3 is 8.83 Å². The molecule has 28 heavy (non-hydrogen) atoms. The lowest BCUT2D eigenvalue weighted by Gasteiger charge is -2.11. The summed E-state index contributed by atoms with van der Waals surface area (Å²) in [7, 11) is 0. The van der Waals surface area contributed by atoms with Crippen LogP contribution >= 0.6 is 24.0 Å². The van der Waals surface area contributed by atoms with Crippen LogP contribution in [0.4, 0.5) is 5.69 Å². The molecule has 1 fully saturated rings. The summed E-state index contributed by atoms with van der Waals surface area (Å²) in [5.74, 6) is 1.35. The second-order valence-electron chi connectivity index (χ2n) is 5.86. The van der Waals surface area contributed by atoms with Gasteiger partial charge in [0, 0.05) is 23.8 Å². The number of hydrogen-bond donors (Lipinski definition) is 0. The second-order valence-corrected chi connectivity index (χ2v) is 7.53. The zero-order chi connectivity index (χ0) is 19.7. The second kappa shape index (κ2) is 7.45. The first-order valence-electron chi connectivity index (χ1n) is 8.14. The van der Waals surface area contributed by atoms with Crippen molar-refractivity contribution in [1.82, 2.24) is 4.90 Å².